The van der Waals surface area contributed by atoms with E-state index in [0.29, 0.717) is 38.5 Å². The Balaban J connectivity index is 1.59. The summed E-state index contributed by atoms with van der Waals surface area (Å²) in [5.41, 5.74) is -1.74. The maximum atomic E-state index is 12.4. The summed E-state index contributed by atoms with van der Waals surface area (Å²) in [5.74, 6) is -2.70. The molecule has 3 unspecified atom stereocenters. The number of rotatable bonds is 4. The molecule has 0 aromatic heterocycles. The molecule has 0 bridgehead atoms. The van der Waals surface area contributed by atoms with Crippen LogP contribution in [-0.4, -0.2) is 50.3 Å². The number of ketones is 1. The summed E-state index contributed by atoms with van der Waals surface area (Å²) in [5, 5.41) is 30.9. The standard InChI is InChI=1S/C23H30O7/c1-20-6-3-13(24)9-12(20)10-14(19(27)28)18-15-4-7-22(29,8-5-17(25)26)21(15,2)11-16-23(18,20)30-16/h9,14-16,18,29H,3-8,10-11H2,1-2H3,(H,25,26)(H,27,28)/t14?,15?,16-,18?,20-,21-,22+,23+/m0/s1. The van der Waals surface area contributed by atoms with E-state index in [2.05, 4.69) is 6.92 Å². The molecule has 4 fully saturated rings. The van der Waals surface area contributed by atoms with Crippen LogP contribution in [0, 0.1) is 28.6 Å². The molecule has 0 amide bonds. The molecule has 30 heavy (non-hydrogen) atoms. The molecular formula is C23H30O7. The smallest absolute Gasteiger partial charge is 0.307 e. The van der Waals surface area contributed by atoms with Crippen LogP contribution in [0.2, 0.25) is 0 Å². The van der Waals surface area contributed by atoms with Crippen LogP contribution in [0.1, 0.15) is 65.2 Å². The molecule has 1 saturated heterocycles. The molecule has 8 atom stereocenters. The first kappa shape index (κ1) is 20.2. The van der Waals surface area contributed by atoms with Gasteiger partial charge in [0.15, 0.2) is 5.78 Å². The average Bonchev–Trinajstić information content (AvgIpc) is 3.32. The molecule has 0 aromatic carbocycles. The van der Waals surface area contributed by atoms with Crippen molar-refractivity contribution in [3.05, 3.63) is 11.6 Å². The van der Waals surface area contributed by atoms with Crippen molar-refractivity contribution in [2.75, 3.05) is 0 Å². The normalized spacial score (nSPS) is 51.2. The Bertz CT molecular complexity index is 879. The van der Waals surface area contributed by atoms with Crippen molar-refractivity contribution in [2.45, 2.75) is 82.5 Å². The molecule has 4 aliphatic carbocycles. The molecule has 1 spiro atoms. The number of aliphatic carboxylic acids is 2. The fraction of sp³-hybridized carbons (Fsp3) is 0.783. The Hall–Kier alpha value is -1.73. The highest BCUT2D eigenvalue weighted by Crippen LogP contribution is 2.77. The highest BCUT2D eigenvalue weighted by atomic mass is 16.6. The van der Waals surface area contributed by atoms with Crippen LogP contribution < -0.4 is 0 Å². The third-order valence-corrected chi connectivity index (χ3v) is 9.77. The van der Waals surface area contributed by atoms with Gasteiger partial charge in [-0.15, -0.1) is 0 Å². The molecule has 0 aromatic rings. The molecule has 1 aliphatic heterocycles. The topological polar surface area (TPSA) is 124 Å². The molecular weight excluding hydrogens is 388 g/mol. The van der Waals surface area contributed by atoms with Crippen molar-refractivity contribution >= 4 is 17.7 Å². The predicted octanol–water partition coefficient (Wildman–Crippen LogP) is 2.56. The second-order valence-electron chi connectivity index (χ2n) is 10.7. The van der Waals surface area contributed by atoms with Crippen LogP contribution in [0.4, 0.5) is 0 Å². The first-order valence-electron chi connectivity index (χ1n) is 11.1. The fourth-order valence-corrected chi connectivity index (χ4v) is 8.08. The molecule has 1 heterocycles. The van der Waals surface area contributed by atoms with E-state index in [4.69, 9.17) is 9.84 Å². The largest absolute Gasteiger partial charge is 0.481 e. The van der Waals surface area contributed by atoms with E-state index >= 15 is 0 Å². The number of carboxylic acids is 2. The molecule has 5 rings (SSSR count). The quantitative estimate of drug-likeness (QED) is 0.599. The monoisotopic (exact) mass is 418 g/mol. The van der Waals surface area contributed by atoms with Crippen molar-refractivity contribution in [3.63, 3.8) is 0 Å². The van der Waals surface area contributed by atoms with E-state index in [-0.39, 0.29) is 42.0 Å². The van der Waals surface area contributed by atoms with Crippen LogP contribution in [-0.2, 0) is 19.1 Å². The third-order valence-electron chi connectivity index (χ3n) is 9.77. The SMILES string of the molecule is C[C@]12CCC(=O)C=C1CC(C(=O)O)C1C3CC[C@@](O)(CCC(=O)O)[C@@]3(C)C[C@@H]3O[C@@]132. The van der Waals surface area contributed by atoms with Gasteiger partial charge in [0.2, 0.25) is 0 Å². The Morgan fingerprint density at radius 1 is 1.23 bits per heavy atom. The Morgan fingerprint density at radius 2 is 1.97 bits per heavy atom. The van der Waals surface area contributed by atoms with E-state index in [0.717, 1.165) is 5.57 Å². The van der Waals surface area contributed by atoms with Gasteiger partial charge < -0.3 is 20.1 Å². The van der Waals surface area contributed by atoms with Gasteiger partial charge in [0.05, 0.1) is 17.6 Å². The number of ether oxygens (including phenoxy) is 1. The van der Waals surface area contributed by atoms with E-state index in [1.54, 1.807) is 6.08 Å². The summed E-state index contributed by atoms with van der Waals surface area (Å²) in [6, 6.07) is 0. The van der Waals surface area contributed by atoms with Crippen molar-refractivity contribution in [1.82, 2.24) is 0 Å². The van der Waals surface area contributed by atoms with Crippen molar-refractivity contribution < 1.29 is 34.4 Å². The third kappa shape index (κ3) is 2.25. The average molecular weight is 418 g/mol. The number of hydrogen-bond donors (Lipinski definition) is 3. The van der Waals surface area contributed by atoms with Crippen LogP contribution in [0.3, 0.4) is 0 Å². The minimum absolute atomic E-state index is 0.0489. The highest BCUT2D eigenvalue weighted by Gasteiger charge is 2.82. The second-order valence-corrected chi connectivity index (χ2v) is 10.7. The number of hydrogen-bond acceptors (Lipinski definition) is 5. The zero-order chi connectivity index (χ0) is 21.7. The molecule has 0 radical (unpaired) electrons. The van der Waals surface area contributed by atoms with E-state index in [1.165, 1.54) is 0 Å². The second kappa shape index (κ2) is 5.94. The lowest BCUT2D eigenvalue weighted by Gasteiger charge is -2.58. The summed E-state index contributed by atoms with van der Waals surface area (Å²) in [4.78, 5) is 35.7. The van der Waals surface area contributed by atoms with E-state index in [9.17, 15) is 24.6 Å². The zero-order valence-corrected chi connectivity index (χ0v) is 17.5. The zero-order valence-electron chi connectivity index (χ0n) is 17.5. The van der Waals surface area contributed by atoms with Gasteiger partial charge in [-0.25, -0.2) is 0 Å². The molecule has 7 heteroatoms. The van der Waals surface area contributed by atoms with Gasteiger partial charge in [-0.05, 0) is 50.5 Å². The molecule has 164 valence electrons. The lowest BCUT2D eigenvalue weighted by molar-refractivity contribution is -0.160. The van der Waals surface area contributed by atoms with Gasteiger partial charge in [0.25, 0.3) is 0 Å². The van der Waals surface area contributed by atoms with E-state index < -0.39 is 34.5 Å². The molecule has 3 N–H and O–H groups in total. The first-order chi connectivity index (χ1) is 14.0. The van der Waals surface area contributed by atoms with Gasteiger partial charge >= 0.3 is 11.9 Å². The predicted molar refractivity (Wildman–Crippen MR) is 105 cm³/mol. The summed E-state index contributed by atoms with van der Waals surface area (Å²) in [6.45, 7) is 4.14. The van der Waals surface area contributed by atoms with Gasteiger partial charge in [-0.2, -0.15) is 0 Å². The van der Waals surface area contributed by atoms with Gasteiger partial charge in [0, 0.05) is 29.6 Å². The number of aliphatic hydroxyl groups is 1. The highest BCUT2D eigenvalue weighted by molar-refractivity contribution is 5.92. The minimum Gasteiger partial charge on any atom is -0.481 e. The van der Waals surface area contributed by atoms with Crippen LogP contribution >= 0.6 is 0 Å². The van der Waals surface area contributed by atoms with Gasteiger partial charge in [-0.1, -0.05) is 19.4 Å². The fourth-order valence-electron chi connectivity index (χ4n) is 8.08. The van der Waals surface area contributed by atoms with Crippen molar-refractivity contribution in [2.24, 2.45) is 28.6 Å². The maximum absolute atomic E-state index is 12.4. The van der Waals surface area contributed by atoms with Crippen LogP contribution in [0.25, 0.3) is 0 Å². The first-order valence-corrected chi connectivity index (χ1v) is 11.1. The van der Waals surface area contributed by atoms with Crippen molar-refractivity contribution in [3.8, 4) is 0 Å². The number of carbonyl (C=O) groups is 3. The summed E-state index contributed by atoms with van der Waals surface area (Å²) >= 11 is 0. The Kier molecular flexibility index (Phi) is 4.00. The number of fused-ring (bicyclic) bond motifs is 3. The molecule has 7 nitrogen and oxygen atoms in total. The maximum Gasteiger partial charge on any atom is 0.307 e. The number of epoxide rings is 1. The lowest BCUT2D eigenvalue weighted by Crippen LogP contribution is -2.63. The number of carbonyl (C=O) groups excluding carboxylic acids is 1. The van der Waals surface area contributed by atoms with E-state index in [1.807, 2.05) is 6.92 Å². The summed E-state index contributed by atoms with van der Waals surface area (Å²) in [6.07, 6.45) is 4.81. The Labute approximate surface area is 175 Å². The summed E-state index contributed by atoms with van der Waals surface area (Å²) in [7, 11) is 0. The molecule has 3 saturated carbocycles. The number of carboxylic acid groups (broad SMARTS) is 2. The van der Waals surface area contributed by atoms with Crippen molar-refractivity contribution in [1.29, 1.82) is 0 Å². The minimum atomic E-state index is -1.13. The summed E-state index contributed by atoms with van der Waals surface area (Å²) < 4.78 is 6.44. The van der Waals surface area contributed by atoms with Gasteiger partial charge in [0.1, 0.15) is 5.60 Å². The van der Waals surface area contributed by atoms with Crippen LogP contribution in [0.5, 0.6) is 0 Å². The van der Waals surface area contributed by atoms with Crippen LogP contribution in [0.15, 0.2) is 11.6 Å². The lowest BCUT2D eigenvalue weighted by atomic mass is 9.43. The van der Waals surface area contributed by atoms with Gasteiger partial charge in [-0.3, -0.25) is 14.4 Å². The molecule has 5 aliphatic rings. The Morgan fingerprint density at radius 3 is 2.63 bits per heavy atom.